The Hall–Kier alpha value is -3.26. The first kappa shape index (κ1) is 16.2. The molecule has 0 atom stereocenters. The molecule has 0 saturated heterocycles. The summed E-state index contributed by atoms with van der Waals surface area (Å²) >= 11 is 5.35. The number of H-pyrrole nitrogens is 1. The highest BCUT2D eigenvalue weighted by Gasteiger charge is 2.12. The summed E-state index contributed by atoms with van der Waals surface area (Å²) in [4.78, 5) is 12.7. The molecule has 2 aromatic heterocycles. The molecule has 7 nitrogen and oxygen atoms in total. The summed E-state index contributed by atoms with van der Waals surface area (Å²) in [5.41, 5.74) is 0.659. The maximum absolute atomic E-state index is 12.7. The molecule has 0 aliphatic rings. The topological polar surface area (TPSA) is 77.7 Å². The summed E-state index contributed by atoms with van der Waals surface area (Å²) < 4.78 is 8.79. The average molecular weight is 365 g/mol. The number of ether oxygens (including phenoxy) is 1. The van der Waals surface area contributed by atoms with E-state index in [1.54, 1.807) is 23.9 Å². The highest BCUT2D eigenvalue weighted by Crippen LogP contribution is 2.17. The maximum Gasteiger partial charge on any atom is 0.275 e. The molecule has 0 amide bonds. The number of methoxy groups -OCH3 is 1. The van der Waals surface area contributed by atoms with E-state index in [-0.39, 0.29) is 12.1 Å². The standard InChI is InChI=1S/C18H15N5O2S/c1-25-14-8-6-13(7-9-14)23-16(20-21-18(23)26)11-22-17(24)15-5-3-2-4-12(15)10-19-22/h2-10H,11H2,1H3,(H,21,26). The lowest BCUT2D eigenvalue weighted by Gasteiger charge is -2.09. The van der Waals surface area contributed by atoms with Gasteiger partial charge in [-0.05, 0) is 42.5 Å². The summed E-state index contributed by atoms with van der Waals surface area (Å²) in [6, 6.07) is 14.8. The van der Waals surface area contributed by atoms with Crippen LogP contribution in [-0.2, 0) is 6.54 Å². The Morgan fingerprint density at radius 3 is 2.69 bits per heavy atom. The minimum atomic E-state index is -0.168. The van der Waals surface area contributed by atoms with Gasteiger partial charge in [-0.3, -0.25) is 14.5 Å². The number of hydrogen-bond donors (Lipinski definition) is 1. The number of aromatic amines is 1. The third-order valence-corrected chi connectivity index (χ3v) is 4.40. The number of nitrogens with zero attached hydrogens (tertiary/aromatic N) is 4. The molecule has 0 radical (unpaired) electrons. The Labute approximate surface area is 153 Å². The Kier molecular flexibility index (Phi) is 4.10. The third-order valence-electron chi connectivity index (χ3n) is 4.13. The van der Waals surface area contributed by atoms with Gasteiger partial charge < -0.3 is 4.74 Å². The van der Waals surface area contributed by atoms with E-state index in [2.05, 4.69) is 15.3 Å². The largest absolute Gasteiger partial charge is 0.497 e. The second-order valence-corrected chi connectivity index (χ2v) is 6.06. The molecule has 0 fully saturated rings. The number of fused-ring (bicyclic) bond motifs is 1. The van der Waals surface area contributed by atoms with Crippen LogP contribution < -0.4 is 10.3 Å². The monoisotopic (exact) mass is 365 g/mol. The highest BCUT2D eigenvalue weighted by atomic mass is 32.1. The second-order valence-electron chi connectivity index (χ2n) is 5.67. The molecule has 0 saturated carbocycles. The van der Waals surface area contributed by atoms with Crippen LogP contribution in [0.15, 0.2) is 59.5 Å². The van der Waals surface area contributed by atoms with Gasteiger partial charge in [0.1, 0.15) is 12.3 Å². The van der Waals surface area contributed by atoms with Gasteiger partial charge in [0.25, 0.3) is 5.56 Å². The normalized spacial score (nSPS) is 11.0. The van der Waals surface area contributed by atoms with Gasteiger partial charge in [0.2, 0.25) is 0 Å². The second kappa shape index (κ2) is 6.57. The van der Waals surface area contributed by atoms with Gasteiger partial charge in [0.15, 0.2) is 10.6 Å². The zero-order valence-corrected chi connectivity index (χ0v) is 14.7. The van der Waals surface area contributed by atoms with Crippen molar-refractivity contribution in [1.82, 2.24) is 24.5 Å². The van der Waals surface area contributed by atoms with E-state index in [1.807, 2.05) is 42.5 Å². The van der Waals surface area contributed by atoms with Crippen LogP contribution in [0.2, 0.25) is 0 Å². The molecule has 0 unspecified atom stereocenters. The Bertz CT molecular complexity index is 1190. The minimum absolute atomic E-state index is 0.168. The smallest absolute Gasteiger partial charge is 0.275 e. The number of nitrogens with one attached hydrogen (secondary N) is 1. The molecule has 8 heteroatoms. The van der Waals surface area contributed by atoms with Gasteiger partial charge in [-0.1, -0.05) is 18.2 Å². The van der Waals surface area contributed by atoms with Crippen LogP contribution in [0.4, 0.5) is 0 Å². The van der Waals surface area contributed by atoms with E-state index in [9.17, 15) is 4.79 Å². The lowest BCUT2D eigenvalue weighted by atomic mass is 10.2. The average Bonchev–Trinajstić information content (AvgIpc) is 3.04. The zero-order valence-electron chi connectivity index (χ0n) is 13.9. The molecular weight excluding hydrogens is 350 g/mol. The maximum atomic E-state index is 12.7. The predicted molar refractivity (Wildman–Crippen MR) is 100 cm³/mol. The molecule has 0 aliphatic heterocycles. The molecule has 0 bridgehead atoms. The van der Waals surface area contributed by atoms with Gasteiger partial charge in [0, 0.05) is 11.1 Å². The van der Waals surface area contributed by atoms with Crippen LogP contribution in [0.25, 0.3) is 16.5 Å². The Morgan fingerprint density at radius 1 is 1.15 bits per heavy atom. The van der Waals surface area contributed by atoms with E-state index >= 15 is 0 Å². The molecule has 1 N–H and O–H groups in total. The van der Waals surface area contributed by atoms with Crippen LogP contribution in [0, 0.1) is 4.77 Å². The fraction of sp³-hybridized carbons (Fsp3) is 0.111. The summed E-state index contributed by atoms with van der Waals surface area (Å²) in [5, 5.41) is 12.7. The summed E-state index contributed by atoms with van der Waals surface area (Å²) in [5.74, 6) is 1.34. The van der Waals surface area contributed by atoms with Crippen LogP contribution in [0.3, 0.4) is 0 Å². The van der Waals surface area contributed by atoms with E-state index in [0.717, 1.165) is 16.8 Å². The Balaban J connectivity index is 1.77. The van der Waals surface area contributed by atoms with Crippen molar-refractivity contribution in [3.05, 3.63) is 75.7 Å². The number of hydrogen-bond acceptors (Lipinski definition) is 5. The fourth-order valence-corrected chi connectivity index (χ4v) is 3.06. The molecule has 0 spiro atoms. The molecular formula is C18H15N5O2S. The molecule has 4 rings (SSSR count). The first-order valence-corrected chi connectivity index (χ1v) is 8.34. The van der Waals surface area contributed by atoms with Crippen molar-refractivity contribution in [2.24, 2.45) is 0 Å². The predicted octanol–water partition coefficient (Wildman–Crippen LogP) is 2.70. The number of benzene rings is 2. The van der Waals surface area contributed by atoms with Gasteiger partial charge >= 0.3 is 0 Å². The fourth-order valence-electron chi connectivity index (χ4n) is 2.81. The lowest BCUT2D eigenvalue weighted by molar-refractivity contribution is 0.414. The van der Waals surface area contributed by atoms with Crippen molar-refractivity contribution in [1.29, 1.82) is 0 Å². The molecule has 2 aromatic carbocycles. The van der Waals surface area contributed by atoms with Crippen LogP contribution in [0.5, 0.6) is 5.75 Å². The molecule has 0 aliphatic carbocycles. The van der Waals surface area contributed by atoms with Gasteiger partial charge in [-0.25, -0.2) is 4.68 Å². The van der Waals surface area contributed by atoms with Gasteiger partial charge in [-0.2, -0.15) is 10.2 Å². The van der Waals surface area contributed by atoms with Crippen molar-refractivity contribution >= 4 is 23.0 Å². The first-order chi connectivity index (χ1) is 12.7. The van der Waals surface area contributed by atoms with Crippen molar-refractivity contribution in [3.63, 3.8) is 0 Å². The van der Waals surface area contributed by atoms with E-state index in [4.69, 9.17) is 17.0 Å². The van der Waals surface area contributed by atoms with Crippen LogP contribution >= 0.6 is 12.2 Å². The van der Waals surface area contributed by atoms with Crippen molar-refractivity contribution < 1.29 is 4.74 Å². The van der Waals surface area contributed by atoms with Crippen LogP contribution in [-0.4, -0.2) is 31.7 Å². The first-order valence-electron chi connectivity index (χ1n) is 7.93. The zero-order chi connectivity index (χ0) is 18.1. The van der Waals surface area contributed by atoms with E-state index in [0.29, 0.717) is 16.0 Å². The lowest BCUT2D eigenvalue weighted by Crippen LogP contribution is -2.24. The molecule has 2 heterocycles. The van der Waals surface area contributed by atoms with Gasteiger partial charge in [0.05, 0.1) is 18.7 Å². The highest BCUT2D eigenvalue weighted by molar-refractivity contribution is 7.71. The molecule has 26 heavy (non-hydrogen) atoms. The quantitative estimate of drug-likeness (QED) is 0.563. The SMILES string of the molecule is COc1ccc(-n2c(Cn3ncc4ccccc4c3=O)n[nH]c2=S)cc1. The van der Waals surface area contributed by atoms with Gasteiger partial charge in [-0.15, -0.1) is 0 Å². The third kappa shape index (κ3) is 2.80. The Morgan fingerprint density at radius 2 is 1.92 bits per heavy atom. The number of aromatic nitrogens is 5. The van der Waals surface area contributed by atoms with Crippen molar-refractivity contribution in [2.75, 3.05) is 7.11 Å². The number of rotatable bonds is 4. The molecule has 130 valence electrons. The van der Waals surface area contributed by atoms with Crippen LogP contribution in [0.1, 0.15) is 5.82 Å². The summed E-state index contributed by atoms with van der Waals surface area (Å²) in [6.07, 6.45) is 1.68. The van der Waals surface area contributed by atoms with E-state index in [1.165, 1.54) is 4.68 Å². The van der Waals surface area contributed by atoms with E-state index < -0.39 is 0 Å². The minimum Gasteiger partial charge on any atom is -0.497 e. The summed E-state index contributed by atoms with van der Waals surface area (Å²) in [7, 11) is 1.61. The molecule has 4 aromatic rings. The van der Waals surface area contributed by atoms with Crippen molar-refractivity contribution in [3.8, 4) is 11.4 Å². The summed E-state index contributed by atoms with van der Waals surface area (Å²) in [6.45, 7) is 0.197. The van der Waals surface area contributed by atoms with Crippen molar-refractivity contribution in [2.45, 2.75) is 6.54 Å².